The second-order valence-electron chi connectivity index (χ2n) is 6.07. The van der Waals surface area contributed by atoms with Crippen molar-refractivity contribution in [2.75, 3.05) is 6.61 Å². The maximum absolute atomic E-state index is 6.35. The van der Waals surface area contributed by atoms with Crippen LogP contribution in [0.25, 0.3) is 0 Å². The van der Waals surface area contributed by atoms with Crippen molar-refractivity contribution in [2.45, 2.75) is 58.2 Å². The van der Waals surface area contributed by atoms with Crippen molar-refractivity contribution in [3.8, 4) is 0 Å². The van der Waals surface area contributed by atoms with Crippen LogP contribution in [-0.2, 0) is 12.7 Å². The standard InChI is InChI=1S/C10H26O3Si3/c1-14(2)10-8-7-9-11-15(3,4)13-16(5,6)12-14/h7-10H2,1-6H3. The second-order valence-corrected chi connectivity index (χ2v) is 17.6. The van der Waals surface area contributed by atoms with Gasteiger partial charge in [-0.15, -0.1) is 0 Å². The highest BCUT2D eigenvalue weighted by Gasteiger charge is 2.41. The van der Waals surface area contributed by atoms with E-state index in [1.165, 1.54) is 12.5 Å². The van der Waals surface area contributed by atoms with Crippen molar-refractivity contribution in [1.82, 2.24) is 0 Å². The monoisotopic (exact) mass is 278 g/mol. The van der Waals surface area contributed by atoms with E-state index in [1.54, 1.807) is 0 Å². The lowest BCUT2D eigenvalue weighted by Gasteiger charge is -2.39. The summed E-state index contributed by atoms with van der Waals surface area (Å²) in [6, 6.07) is 1.22. The number of hydrogen-bond donors (Lipinski definition) is 0. The van der Waals surface area contributed by atoms with E-state index in [0.29, 0.717) is 0 Å². The zero-order valence-corrected chi connectivity index (χ0v) is 14.6. The quantitative estimate of drug-likeness (QED) is 0.635. The minimum absolute atomic E-state index is 0.855. The number of hydrogen-bond acceptors (Lipinski definition) is 3. The van der Waals surface area contributed by atoms with Crippen LogP contribution in [0.15, 0.2) is 0 Å². The third-order valence-electron chi connectivity index (χ3n) is 2.64. The van der Waals surface area contributed by atoms with Crippen molar-refractivity contribution < 1.29 is 12.7 Å². The van der Waals surface area contributed by atoms with Crippen LogP contribution in [0.1, 0.15) is 12.8 Å². The molecule has 0 aromatic carbocycles. The van der Waals surface area contributed by atoms with Gasteiger partial charge in [0.05, 0.1) is 0 Å². The SMILES string of the molecule is C[Si]1(C)CCCCO[Si](C)(C)O[Si](C)(C)O1. The minimum Gasteiger partial charge on any atom is -0.436 e. The molecule has 1 fully saturated rings. The van der Waals surface area contributed by atoms with Crippen LogP contribution in [-0.4, -0.2) is 32.0 Å². The third kappa shape index (κ3) is 5.24. The van der Waals surface area contributed by atoms with Gasteiger partial charge in [0, 0.05) is 6.61 Å². The Bertz CT molecular complexity index is 219. The molecule has 1 heterocycles. The summed E-state index contributed by atoms with van der Waals surface area (Å²) in [7, 11) is -5.49. The fraction of sp³-hybridized carbons (Fsp3) is 1.00. The Morgan fingerprint density at radius 2 is 1.38 bits per heavy atom. The van der Waals surface area contributed by atoms with Gasteiger partial charge < -0.3 is 12.7 Å². The molecular formula is C10H26O3Si3. The summed E-state index contributed by atoms with van der Waals surface area (Å²) in [6.07, 6.45) is 2.37. The summed E-state index contributed by atoms with van der Waals surface area (Å²) in [5.74, 6) is 0. The molecule has 0 aromatic rings. The molecule has 0 saturated carbocycles. The maximum atomic E-state index is 6.35. The minimum atomic E-state index is -2.00. The van der Waals surface area contributed by atoms with Gasteiger partial charge in [-0.2, -0.15) is 0 Å². The average Bonchev–Trinajstić information content (AvgIpc) is 1.96. The van der Waals surface area contributed by atoms with Crippen LogP contribution in [0.3, 0.4) is 0 Å². The van der Waals surface area contributed by atoms with Crippen LogP contribution in [0.2, 0.25) is 45.3 Å². The molecule has 1 aliphatic heterocycles. The molecule has 1 saturated heterocycles. The molecule has 0 spiro atoms. The first kappa shape index (κ1) is 14.6. The third-order valence-corrected chi connectivity index (χ3v) is 13.2. The zero-order valence-electron chi connectivity index (χ0n) is 11.6. The Balaban J connectivity index is 2.76. The fourth-order valence-corrected chi connectivity index (χ4v) is 15.3. The molecule has 1 rings (SSSR count). The van der Waals surface area contributed by atoms with Gasteiger partial charge in [0.1, 0.15) is 0 Å². The summed E-state index contributed by atoms with van der Waals surface area (Å²) in [5.41, 5.74) is 0. The highest BCUT2D eigenvalue weighted by molar-refractivity contribution is 6.86. The highest BCUT2D eigenvalue weighted by atomic mass is 28.5. The molecule has 6 heteroatoms. The fourth-order valence-electron chi connectivity index (χ4n) is 2.33. The Morgan fingerprint density at radius 1 is 0.750 bits per heavy atom. The molecule has 0 unspecified atom stereocenters. The number of rotatable bonds is 0. The summed E-state index contributed by atoms with van der Waals surface area (Å²) >= 11 is 0. The molecule has 1 aliphatic rings. The largest absolute Gasteiger partial charge is 0.436 e. The summed E-state index contributed by atoms with van der Waals surface area (Å²) in [5, 5.41) is 0. The van der Waals surface area contributed by atoms with Crippen LogP contribution >= 0.6 is 0 Å². The van der Waals surface area contributed by atoms with E-state index in [4.69, 9.17) is 12.7 Å². The lowest BCUT2D eigenvalue weighted by Crippen LogP contribution is -2.54. The molecule has 0 bridgehead atoms. The first-order valence-electron chi connectivity index (χ1n) is 6.16. The Labute approximate surface area is 103 Å². The van der Waals surface area contributed by atoms with E-state index < -0.39 is 25.4 Å². The van der Waals surface area contributed by atoms with Crippen molar-refractivity contribution in [3.63, 3.8) is 0 Å². The van der Waals surface area contributed by atoms with Crippen molar-refractivity contribution in [3.05, 3.63) is 0 Å². The first-order chi connectivity index (χ1) is 7.12. The zero-order chi connectivity index (χ0) is 12.4. The summed E-state index contributed by atoms with van der Waals surface area (Å²) in [4.78, 5) is 0. The van der Waals surface area contributed by atoms with Gasteiger partial charge in [0.25, 0.3) is 0 Å². The van der Waals surface area contributed by atoms with Gasteiger partial charge in [0.2, 0.25) is 0 Å². The van der Waals surface area contributed by atoms with E-state index in [1.807, 2.05) is 0 Å². The molecular weight excluding hydrogens is 252 g/mol. The van der Waals surface area contributed by atoms with E-state index in [9.17, 15) is 0 Å². The average molecular weight is 279 g/mol. The molecule has 3 nitrogen and oxygen atoms in total. The molecule has 0 amide bonds. The van der Waals surface area contributed by atoms with Gasteiger partial charge in [-0.25, -0.2) is 0 Å². The molecule has 0 aliphatic carbocycles. The van der Waals surface area contributed by atoms with E-state index in [2.05, 4.69) is 39.3 Å². The van der Waals surface area contributed by atoms with Crippen molar-refractivity contribution in [2.24, 2.45) is 0 Å². The lowest BCUT2D eigenvalue weighted by atomic mass is 10.4. The maximum Gasteiger partial charge on any atom is 0.322 e. The lowest BCUT2D eigenvalue weighted by molar-refractivity contribution is 0.221. The molecule has 0 N–H and O–H groups in total. The summed E-state index contributed by atoms with van der Waals surface area (Å²) in [6.45, 7) is 14.0. The molecule has 16 heavy (non-hydrogen) atoms. The van der Waals surface area contributed by atoms with Crippen molar-refractivity contribution in [1.29, 1.82) is 0 Å². The van der Waals surface area contributed by atoms with Gasteiger partial charge in [0.15, 0.2) is 8.32 Å². The van der Waals surface area contributed by atoms with Crippen LogP contribution in [0, 0.1) is 0 Å². The van der Waals surface area contributed by atoms with Gasteiger partial charge in [-0.1, -0.05) is 6.42 Å². The first-order valence-corrected chi connectivity index (χ1v) is 14.9. The van der Waals surface area contributed by atoms with E-state index in [0.717, 1.165) is 13.0 Å². The smallest absolute Gasteiger partial charge is 0.322 e. The van der Waals surface area contributed by atoms with Crippen LogP contribution in [0.4, 0.5) is 0 Å². The molecule has 96 valence electrons. The highest BCUT2D eigenvalue weighted by Crippen LogP contribution is 2.26. The van der Waals surface area contributed by atoms with Gasteiger partial charge in [-0.3, -0.25) is 0 Å². The Hall–Kier alpha value is 0.531. The van der Waals surface area contributed by atoms with Gasteiger partial charge in [-0.05, 0) is 51.7 Å². The molecule has 0 aromatic heterocycles. The normalized spacial score (nSPS) is 29.6. The van der Waals surface area contributed by atoms with E-state index in [-0.39, 0.29) is 0 Å². The summed E-state index contributed by atoms with van der Waals surface area (Å²) < 4.78 is 18.4. The van der Waals surface area contributed by atoms with Crippen molar-refractivity contribution >= 4 is 25.4 Å². The second kappa shape index (κ2) is 5.03. The molecule has 0 atom stereocenters. The van der Waals surface area contributed by atoms with Crippen LogP contribution < -0.4 is 0 Å². The Kier molecular flexibility index (Phi) is 4.59. The van der Waals surface area contributed by atoms with E-state index >= 15 is 0 Å². The predicted octanol–water partition coefficient (Wildman–Crippen LogP) is 3.44. The van der Waals surface area contributed by atoms with Gasteiger partial charge >= 0.3 is 17.1 Å². The topological polar surface area (TPSA) is 27.7 Å². The predicted molar refractivity (Wildman–Crippen MR) is 74.6 cm³/mol. The Morgan fingerprint density at radius 3 is 2.00 bits per heavy atom. The van der Waals surface area contributed by atoms with Crippen LogP contribution in [0.5, 0.6) is 0 Å². The molecule has 0 radical (unpaired) electrons.